The summed E-state index contributed by atoms with van der Waals surface area (Å²) in [7, 11) is 0. The lowest BCUT2D eigenvalue weighted by molar-refractivity contribution is -0.121. The lowest BCUT2D eigenvalue weighted by Gasteiger charge is -2.10. The summed E-state index contributed by atoms with van der Waals surface area (Å²) in [5, 5.41) is 6.12. The van der Waals surface area contributed by atoms with E-state index < -0.39 is 0 Å². The van der Waals surface area contributed by atoms with Gasteiger partial charge in [0.25, 0.3) is 0 Å². The van der Waals surface area contributed by atoms with Gasteiger partial charge in [0.2, 0.25) is 5.91 Å². The van der Waals surface area contributed by atoms with Crippen molar-refractivity contribution in [2.45, 2.75) is 31.7 Å². The van der Waals surface area contributed by atoms with E-state index in [2.05, 4.69) is 10.6 Å². The van der Waals surface area contributed by atoms with Gasteiger partial charge in [-0.05, 0) is 37.4 Å². The molecule has 0 saturated carbocycles. The molecule has 1 aliphatic heterocycles. The molecule has 0 aliphatic carbocycles. The molecule has 0 spiro atoms. The van der Waals surface area contributed by atoms with Gasteiger partial charge in [0.05, 0.1) is 0 Å². The van der Waals surface area contributed by atoms with Crippen LogP contribution in [0.2, 0.25) is 0 Å². The van der Waals surface area contributed by atoms with E-state index in [-0.39, 0.29) is 24.1 Å². The van der Waals surface area contributed by atoms with Crippen molar-refractivity contribution in [1.82, 2.24) is 10.6 Å². The number of carbonyl (C=O) groups is 1. The SMILES string of the molecule is Cl.O=C(CC1CCCN1)NCCc1ccccc1F. The maximum Gasteiger partial charge on any atom is 0.221 e. The van der Waals surface area contributed by atoms with Gasteiger partial charge in [-0.1, -0.05) is 18.2 Å². The van der Waals surface area contributed by atoms with Crippen LogP contribution in [0.25, 0.3) is 0 Å². The molecule has 3 nitrogen and oxygen atoms in total. The van der Waals surface area contributed by atoms with E-state index in [1.54, 1.807) is 12.1 Å². The fourth-order valence-corrected chi connectivity index (χ4v) is 2.26. The average Bonchev–Trinajstić information content (AvgIpc) is 2.84. The molecule has 19 heavy (non-hydrogen) atoms. The minimum atomic E-state index is -0.204. The summed E-state index contributed by atoms with van der Waals surface area (Å²) in [5.41, 5.74) is 0.650. The molecule has 106 valence electrons. The Balaban J connectivity index is 0.00000180. The summed E-state index contributed by atoms with van der Waals surface area (Å²) < 4.78 is 13.3. The Morgan fingerprint density at radius 2 is 2.21 bits per heavy atom. The first-order chi connectivity index (χ1) is 8.75. The highest BCUT2D eigenvalue weighted by molar-refractivity contribution is 5.85. The molecule has 1 heterocycles. The standard InChI is InChI=1S/C14H19FN2O.ClH/c15-13-6-2-1-4-11(13)7-9-17-14(18)10-12-5-3-8-16-12;/h1-2,4,6,12,16H,3,5,7-10H2,(H,17,18);1H. The Morgan fingerprint density at radius 1 is 1.42 bits per heavy atom. The highest BCUT2D eigenvalue weighted by Gasteiger charge is 2.17. The number of benzene rings is 1. The van der Waals surface area contributed by atoms with Crippen molar-refractivity contribution in [1.29, 1.82) is 0 Å². The van der Waals surface area contributed by atoms with E-state index in [0.29, 0.717) is 31.0 Å². The summed E-state index contributed by atoms with van der Waals surface area (Å²) in [6.45, 7) is 1.50. The second-order valence-electron chi connectivity index (χ2n) is 4.69. The molecule has 1 aromatic carbocycles. The third-order valence-electron chi connectivity index (χ3n) is 3.27. The normalized spacial score (nSPS) is 17.8. The van der Waals surface area contributed by atoms with Gasteiger partial charge in [-0.25, -0.2) is 4.39 Å². The van der Waals surface area contributed by atoms with E-state index in [1.807, 2.05) is 6.07 Å². The molecule has 1 aromatic rings. The first-order valence-electron chi connectivity index (χ1n) is 6.49. The van der Waals surface area contributed by atoms with Crippen LogP contribution in [0.4, 0.5) is 4.39 Å². The predicted octanol–water partition coefficient (Wildman–Crippen LogP) is 2.05. The molecule has 1 unspecified atom stereocenters. The summed E-state index contributed by atoms with van der Waals surface area (Å²) in [5.74, 6) is -0.157. The molecule has 0 radical (unpaired) electrons. The van der Waals surface area contributed by atoms with Crippen molar-refractivity contribution in [3.05, 3.63) is 35.6 Å². The monoisotopic (exact) mass is 286 g/mol. The van der Waals surface area contributed by atoms with Crippen molar-refractivity contribution in [2.75, 3.05) is 13.1 Å². The number of rotatable bonds is 5. The number of amides is 1. The van der Waals surface area contributed by atoms with Crippen LogP contribution in [0.15, 0.2) is 24.3 Å². The van der Waals surface area contributed by atoms with E-state index >= 15 is 0 Å². The maximum absolute atomic E-state index is 13.3. The number of hydrogen-bond acceptors (Lipinski definition) is 2. The molecule has 2 N–H and O–H groups in total. The van der Waals surface area contributed by atoms with Crippen LogP contribution >= 0.6 is 12.4 Å². The second-order valence-corrected chi connectivity index (χ2v) is 4.69. The number of halogens is 2. The first-order valence-corrected chi connectivity index (χ1v) is 6.49. The summed E-state index contributed by atoms with van der Waals surface area (Å²) in [6.07, 6.45) is 3.28. The van der Waals surface area contributed by atoms with Crippen molar-refractivity contribution < 1.29 is 9.18 Å². The van der Waals surface area contributed by atoms with Crippen LogP contribution in [-0.2, 0) is 11.2 Å². The number of nitrogens with one attached hydrogen (secondary N) is 2. The van der Waals surface area contributed by atoms with Crippen molar-refractivity contribution in [2.24, 2.45) is 0 Å². The van der Waals surface area contributed by atoms with Crippen LogP contribution < -0.4 is 10.6 Å². The molecular weight excluding hydrogens is 267 g/mol. The maximum atomic E-state index is 13.3. The molecule has 1 amide bonds. The Hall–Kier alpha value is -1.13. The molecule has 5 heteroatoms. The highest BCUT2D eigenvalue weighted by Crippen LogP contribution is 2.09. The van der Waals surface area contributed by atoms with Crippen LogP contribution in [-0.4, -0.2) is 25.0 Å². The summed E-state index contributed by atoms with van der Waals surface area (Å²) in [6, 6.07) is 6.99. The third kappa shape index (κ3) is 5.17. The van der Waals surface area contributed by atoms with Gasteiger partial charge in [-0.15, -0.1) is 12.4 Å². The van der Waals surface area contributed by atoms with E-state index in [1.165, 1.54) is 6.07 Å². The Labute approximate surface area is 119 Å². The van der Waals surface area contributed by atoms with Crippen molar-refractivity contribution in [3.8, 4) is 0 Å². The molecule has 1 atom stereocenters. The number of hydrogen-bond donors (Lipinski definition) is 2. The lowest BCUT2D eigenvalue weighted by Crippen LogP contribution is -2.32. The summed E-state index contributed by atoms with van der Waals surface area (Å²) in [4.78, 5) is 11.6. The Kier molecular flexibility index (Phi) is 6.81. The van der Waals surface area contributed by atoms with Crippen molar-refractivity contribution in [3.63, 3.8) is 0 Å². The zero-order chi connectivity index (χ0) is 12.8. The smallest absolute Gasteiger partial charge is 0.221 e. The predicted molar refractivity (Wildman–Crippen MR) is 76.0 cm³/mol. The fraction of sp³-hybridized carbons (Fsp3) is 0.500. The minimum absolute atomic E-state index is 0. The van der Waals surface area contributed by atoms with Gasteiger partial charge in [0, 0.05) is 19.0 Å². The van der Waals surface area contributed by atoms with Gasteiger partial charge in [-0.2, -0.15) is 0 Å². The fourth-order valence-electron chi connectivity index (χ4n) is 2.26. The van der Waals surface area contributed by atoms with Crippen LogP contribution in [0, 0.1) is 5.82 Å². The highest BCUT2D eigenvalue weighted by atomic mass is 35.5. The number of carbonyl (C=O) groups excluding carboxylic acids is 1. The topological polar surface area (TPSA) is 41.1 Å². The molecule has 2 rings (SSSR count). The molecule has 1 fully saturated rings. The van der Waals surface area contributed by atoms with Gasteiger partial charge in [0.1, 0.15) is 5.82 Å². The lowest BCUT2D eigenvalue weighted by atomic mass is 10.1. The quantitative estimate of drug-likeness (QED) is 0.870. The van der Waals surface area contributed by atoms with Gasteiger partial charge >= 0.3 is 0 Å². The molecule has 1 aliphatic rings. The van der Waals surface area contributed by atoms with Gasteiger partial charge < -0.3 is 10.6 Å². The molecule has 1 saturated heterocycles. The van der Waals surface area contributed by atoms with Gasteiger partial charge in [0.15, 0.2) is 0 Å². The molecular formula is C14H20ClFN2O. The summed E-state index contributed by atoms with van der Waals surface area (Å²) >= 11 is 0. The van der Waals surface area contributed by atoms with E-state index in [4.69, 9.17) is 0 Å². The zero-order valence-electron chi connectivity index (χ0n) is 10.8. The van der Waals surface area contributed by atoms with Crippen molar-refractivity contribution >= 4 is 18.3 Å². The third-order valence-corrected chi connectivity index (χ3v) is 3.27. The van der Waals surface area contributed by atoms with Crippen LogP contribution in [0.5, 0.6) is 0 Å². The molecule has 0 aromatic heterocycles. The Morgan fingerprint density at radius 3 is 2.89 bits per heavy atom. The van der Waals surface area contributed by atoms with E-state index in [9.17, 15) is 9.18 Å². The van der Waals surface area contributed by atoms with Gasteiger partial charge in [-0.3, -0.25) is 4.79 Å². The van der Waals surface area contributed by atoms with Crippen LogP contribution in [0.3, 0.4) is 0 Å². The largest absolute Gasteiger partial charge is 0.356 e. The zero-order valence-corrected chi connectivity index (χ0v) is 11.6. The molecule has 0 bridgehead atoms. The minimum Gasteiger partial charge on any atom is -0.356 e. The average molecular weight is 287 g/mol. The van der Waals surface area contributed by atoms with E-state index in [0.717, 1.165) is 19.4 Å². The second kappa shape index (κ2) is 8.12. The van der Waals surface area contributed by atoms with Crippen LogP contribution in [0.1, 0.15) is 24.8 Å². The Bertz CT molecular complexity index is 408. The first kappa shape index (κ1) is 15.9.